The second-order valence-corrected chi connectivity index (χ2v) is 6.40. The fourth-order valence-corrected chi connectivity index (χ4v) is 4.08. The van der Waals surface area contributed by atoms with E-state index in [1.54, 1.807) is 6.92 Å². The molecule has 20 heavy (non-hydrogen) atoms. The Bertz CT molecular complexity index is 402. The smallest absolute Gasteiger partial charge is 0.239 e. The number of nitrogens with zero attached hydrogens (tertiary/aromatic N) is 2. The summed E-state index contributed by atoms with van der Waals surface area (Å²) in [4.78, 5) is 28.1. The van der Waals surface area contributed by atoms with E-state index in [4.69, 9.17) is 5.73 Å². The Morgan fingerprint density at radius 3 is 2.80 bits per heavy atom. The van der Waals surface area contributed by atoms with Crippen LogP contribution in [0.2, 0.25) is 0 Å². The summed E-state index contributed by atoms with van der Waals surface area (Å²) >= 11 is 0. The topological polar surface area (TPSA) is 66.6 Å². The number of carbonyl (C=O) groups excluding carboxylic acids is 2. The van der Waals surface area contributed by atoms with Crippen LogP contribution >= 0.6 is 12.4 Å². The first-order valence-corrected chi connectivity index (χ1v) is 7.40. The Kier molecular flexibility index (Phi) is 4.59. The Morgan fingerprint density at radius 1 is 1.35 bits per heavy atom. The molecule has 3 heterocycles. The highest BCUT2D eigenvalue weighted by atomic mass is 35.5. The summed E-state index contributed by atoms with van der Waals surface area (Å²) in [6.45, 7) is 4.14. The second kappa shape index (κ2) is 5.90. The highest BCUT2D eigenvalue weighted by molar-refractivity contribution is 5.85. The predicted octanol–water partition coefficient (Wildman–Crippen LogP) is 0.615. The average molecular weight is 302 g/mol. The predicted molar refractivity (Wildman–Crippen MR) is 78.4 cm³/mol. The summed E-state index contributed by atoms with van der Waals surface area (Å²) in [5.74, 6) is 1.28. The van der Waals surface area contributed by atoms with E-state index in [-0.39, 0.29) is 18.3 Å². The third kappa shape index (κ3) is 2.66. The Morgan fingerprint density at radius 2 is 2.10 bits per heavy atom. The van der Waals surface area contributed by atoms with Crippen molar-refractivity contribution in [3.05, 3.63) is 0 Å². The molecule has 2 bridgehead atoms. The van der Waals surface area contributed by atoms with Crippen molar-refractivity contribution in [1.29, 1.82) is 0 Å². The minimum Gasteiger partial charge on any atom is -0.341 e. The molecule has 6 heteroatoms. The number of rotatable bonds is 1. The minimum absolute atomic E-state index is 0. The van der Waals surface area contributed by atoms with E-state index < -0.39 is 6.04 Å². The molecule has 0 aromatic carbocycles. The summed E-state index contributed by atoms with van der Waals surface area (Å²) < 4.78 is 0. The van der Waals surface area contributed by atoms with Gasteiger partial charge in [0.05, 0.1) is 6.04 Å². The first kappa shape index (κ1) is 15.6. The molecule has 3 saturated heterocycles. The molecule has 0 spiro atoms. The molecular weight excluding hydrogens is 278 g/mol. The molecule has 2 N–H and O–H groups in total. The Labute approximate surface area is 126 Å². The number of hydrogen-bond acceptors (Lipinski definition) is 3. The molecule has 3 aliphatic rings. The zero-order valence-electron chi connectivity index (χ0n) is 12.0. The lowest BCUT2D eigenvalue weighted by atomic mass is 9.76. The SMILES string of the molecule is C[C@H](N)C(=O)N1C[C@@H]2C[C@@H](C1)[C@@H]1CCCC(=O)N1C2.Cl. The maximum absolute atomic E-state index is 12.1. The molecule has 114 valence electrons. The van der Waals surface area contributed by atoms with Crippen LogP contribution in [0, 0.1) is 11.8 Å². The van der Waals surface area contributed by atoms with Gasteiger partial charge < -0.3 is 15.5 Å². The van der Waals surface area contributed by atoms with Crippen molar-refractivity contribution in [2.75, 3.05) is 19.6 Å². The fourth-order valence-electron chi connectivity index (χ4n) is 4.08. The number of likely N-dealkylation sites (tertiary alicyclic amines) is 1. The average Bonchev–Trinajstić information content (AvgIpc) is 2.39. The van der Waals surface area contributed by atoms with Gasteiger partial charge in [-0.1, -0.05) is 0 Å². The summed E-state index contributed by atoms with van der Waals surface area (Å²) in [6.07, 6.45) is 3.97. The lowest BCUT2D eigenvalue weighted by molar-refractivity contribution is -0.149. The number of nitrogens with two attached hydrogens (primary N) is 1. The zero-order valence-corrected chi connectivity index (χ0v) is 12.8. The van der Waals surface area contributed by atoms with Crippen LogP contribution in [0.25, 0.3) is 0 Å². The first-order chi connectivity index (χ1) is 9.06. The van der Waals surface area contributed by atoms with Gasteiger partial charge in [0, 0.05) is 32.1 Å². The van der Waals surface area contributed by atoms with Crippen LogP contribution in [0.5, 0.6) is 0 Å². The van der Waals surface area contributed by atoms with Crippen LogP contribution in [0.1, 0.15) is 32.6 Å². The first-order valence-electron chi connectivity index (χ1n) is 7.40. The third-order valence-electron chi connectivity index (χ3n) is 4.88. The van der Waals surface area contributed by atoms with E-state index >= 15 is 0 Å². The molecule has 0 unspecified atom stereocenters. The van der Waals surface area contributed by atoms with E-state index in [1.807, 2.05) is 4.90 Å². The molecule has 4 atom stereocenters. The second-order valence-electron chi connectivity index (χ2n) is 6.40. The largest absolute Gasteiger partial charge is 0.341 e. The number of hydrogen-bond donors (Lipinski definition) is 1. The summed E-state index contributed by atoms with van der Waals surface area (Å²) in [5.41, 5.74) is 5.72. The highest BCUT2D eigenvalue weighted by Crippen LogP contribution is 2.37. The summed E-state index contributed by atoms with van der Waals surface area (Å²) in [5, 5.41) is 0. The van der Waals surface area contributed by atoms with E-state index in [9.17, 15) is 9.59 Å². The van der Waals surface area contributed by atoms with Crippen molar-refractivity contribution >= 4 is 24.2 Å². The maximum atomic E-state index is 12.1. The maximum Gasteiger partial charge on any atom is 0.239 e. The van der Waals surface area contributed by atoms with Gasteiger partial charge >= 0.3 is 0 Å². The zero-order chi connectivity index (χ0) is 13.6. The van der Waals surface area contributed by atoms with E-state index in [0.717, 1.165) is 38.9 Å². The van der Waals surface area contributed by atoms with Crippen LogP contribution in [-0.4, -0.2) is 53.3 Å². The van der Waals surface area contributed by atoms with Crippen molar-refractivity contribution in [2.24, 2.45) is 17.6 Å². The number of piperidine rings is 3. The molecular formula is C14H24ClN3O2. The van der Waals surface area contributed by atoms with Gasteiger partial charge in [-0.2, -0.15) is 0 Å². The summed E-state index contributed by atoms with van der Waals surface area (Å²) in [6, 6.07) is -0.0518. The number of amides is 2. The van der Waals surface area contributed by atoms with Crippen LogP contribution < -0.4 is 5.73 Å². The molecule has 3 rings (SSSR count). The standard InChI is InChI=1S/C14H23N3O2.ClH/c1-9(15)14(19)16-6-10-5-11(8-16)12-3-2-4-13(18)17(12)7-10;/h9-12H,2-8,15H2,1H3;1H/t9-,10-,11-,12-;/m0./s1. The Hall–Kier alpha value is -0.810. The number of carbonyl (C=O) groups is 2. The molecule has 0 radical (unpaired) electrons. The molecule has 0 saturated carbocycles. The van der Waals surface area contributed by atoms with E-state index in [1.165, 1.54) is 0 Å². The van der Waals surface area contributed by atoms with Gasteiger partial charge in [0.15, 0.2) is 0 Å². The van der Waals surface area contributed by atoms with Gasteiger partial charge in [-0.3, -0.25) is 9.59 Å². The Balaban J connectivity index is 0.00000147. The van der Waals surface area contributed by atoms with Gasteiger partial charge in [0.2, 0.25) is 11.8 Å². The highest BCUT2D eigenvalue weighted by Gasteiger charge is 2.44. The van der Waals surface area contributed by atoms with Crippen molar-refractivity contribution in [3.8, 4) is 0 Å². The summed E-state index contributed by atoms with van der Waals surface area (Å²) in [7, 11) is 0. The monoisotopic (exact) mass is 301 g/mol. The molecule has 3 aliphatic heterocycles. The minimum atomic E-state index is -0.414. The molecule has 0 aromatic heterocycles. The molecule has 0 aliphatic carbocycles. The van der Waals surface area contributed by atoms with Crippen molar-refractivity contribution < 1.29 is 9.59 Å². The van der Waals surface area contributed by atoms with Crippen LogP contribution in [0.4, 0.5) is 0 Å². The van der Waals surface area contributed by atoms with E-state index in [2.05, 4.69) is 4.90 Å². The number of halogens is 1. The van der Waals surface area contributed by atoms with E-state index in [0.29, 0.717) is 30.2 Å². The van der Waals surface area contributed by atoms with Gasteiger partial charge in [-0.05, 0) is 38.0 Å². The van der Waals surface area contributed by atoms with Gasteiger partial charge in [0.1, 0.15) is 0 Å². The third-order valence-corrected chi connectivity index (χ3v) is 4.88. The van der Waals surface area contributed by atoms with Gasteiger partial charge in [-0.15, -0.1) is 12.4 Å². The molecule has 5 nitrogen and oxygen atoms in total. The molecule has 3 fully saturated rings. The van der Waals surface area contributed by atoms with Crippen LogP contribution in [0.3, 0.4) is 0 Å². The van der Waals surface area contributed by atoms with Gasteiger partial charge in [0.25, 0.3) is 0 Å². The lowest BCUT2D eigenvalue weighted by Gasteiger charge is -2.52. The fraction of sp³-hybridized carbons (Fsp3) is 0.857. The van der Waals surface area contributed by atoms with Crippen molar-refractivity contribution in [2.45, 2.75) is 44.7 Å². The lowest BCUT2D eigenvalue weighted by Crippen LogP contribution is -2.62. The normalized spacial score (nSPS) is 34.1. The van der Waals surface area contributed by atoms with Gasteiger partial charge in [-0.25, -0.2) is 0 Å². The molecule has 2 amide bonds. The van der Waals surface area contributed by atoms with Crippen molar-refractivity contribution in [1.82, 2.24) is 9.80 Å². The van der Waals surface area contributed by atoms with Crippen LogP contribution in [-0.2, 0) is 9.59 Å². The van der Waals surface area contributed by atoms with Crippen LogP contribution in [0.15, 0.2) is 0 Å². The quantitative estimate of drug-likeness (QED) is 0.772. The number of fused-ring (bicyclic) bond motifs is 4. The molecule has 0 aromatic rings. The van der Waals surface area contributed by atoms with Crippen molar-refractivity contribution in [3.63, 3.8) is 0 Å².